The molecule has 2 fully saturated rings. The minimum atomic E-state index is -0.148. The maximum atomic E-state index is 12.4. The topological polar surface area (TPSA) is 57.6 Å². The van der Waals surface area contributed by atoms with Gasteiger partial charge in [-0.05, 0) is 49.4 Å². The largest absolute Gasteiger partial charge is 0.508 e. The molecule has 1 aromatic rings. The van der Waals surface area contributed by atoms with Crippen LogP contribution in [0.25, 0.3) is 0 Å². The zero-order chi connectivity index (χ0) is 13.6. The van der Waals surface area contributed by atoms with E-state index in [0.29, 0.717) is 11.6 Å². The Morgan fingerprint density at radius 2 is 1.68 bits per heavy atom. The standard InChI is InChI=1S/C15H17NO3/c1-9-2-7-12-13(8-9)15(19)16(14(12)18)10-3-5-11(17)6-4-10/h3-6,9,12-13,17H,2,7-8H2,1H3/t9-,12+,13-/m1/s1. The van der Waals surface area contributed by atoms with Gasteiger partial charge in [-0.1, -0.05) is 6.92 Å². The van der Waals surface area contributed by atoms with Crippen LogP contribution in [-0.2, 0) is 9.59 Å². The highest BCUT2D eigenvalue weighted by atomic mass is 16.3. The maximum absolute atomic E-state index is 12.4. The lowest BCUT2D eigenvalue weighted by Gasteiger charge is -2.25. The minimum Gasteiger partial charge on any atom is -0.508 e. The summed E-state index contributed by atoms with van der Waals surface area (Å²) >= 11 is 0. The Morgan fingerprint density at radius 3 is 2.37 bits per heavy atom. The van der Waals surface area contributed by atoms with Crippen LogP contribution in [0.5, 0.6) is 5.75 Å². The second kappa shape index (κ2) is 4.37. The average Bonchev–Trinajstić information content (AvgIpc) is 2.63. The molecule has 2 amide bonds. The predicted octanol–water partition coefficient (Wildman–Crippen LogP) is 2.32. The number of carbonyl (C=O) groups is 2. The summed E-state index contributed by atoms with van der Waals surface area (Å²) in [6.07, 6.45) is 2.64. The number of imide groups is 1. The summed E-state index contributed by atoms with van der Waals surface area (Å²) in [5.74, 6) is 0.203. The third-order valence-corrected chi connectivity index (χ3v) is 4.30. The number of hydrogen-bond donors (Lipinski definition) is 1. The smallest absolute Gasteiger partial charge is 0.237 e. The van der Waals surface area contributed by atoms with E-state index >= 15 is 0 Å². The zero-order valence-corrected chi connectivity index (χ0v) is 10.9. The van der Waals surface area contributed by atoms with Crippen molar-refractivity contribution in [1.29, 1.82) is 0 Å². The highest BCUT2D eigenvalue weighted by molar-refractivity contribution is 6.22. The van der Waals surface area contributed by atoms with Crippen LogP contribution in [0, 0.1) is 17.8 Å². The lowest BCUT2D eigenvalue weighted by molar-refractivity contribution is -0.122. The van der Waals surface area contributed by atoms with Crippen molar-refractivity contribution in [2.45, 2.75) is 26.2 Å². The van der Waals surface area contributed by atoms with Crippen LogP contribution in [0.3, 0.4) is 0 Å². The van der Waals surface area contributed by atoms with Crippen molar-refractivity contribution in [3.63, 3.8) is 0 Å². The first-order valence-electron chi connectivity index (χ1n) is 6.75. The van der Waals surface area contributed by atoms with E-state index in [2.05, 4.69) is 6.92 Å². The molecule has 0 unspecified atom stereocenters. The second-order valence-electron chi connectivity index (χ2n) is 5.66. The van der Waals surface area contributed by atoms with Crippen LogP contribution in [0.15, 0.2) is 24.3 Å². The number of phenolic OH excluding ortho intramolecular Hbond substituents is 1. The van der Waals surface area contributed by atoms with Gasteiger partial charge in [0.2, 0.25) is 11.8 Å². The van der Waals surface area contributed by atoms with Gasteiger partial charge in [-0.3, -0.25) is 14.5 Å². The molecule has 0 aromatic heterocycles. The minimum absolute atomic E-state index is 0.0763. The van der Waals surface area contributed by atoms with Crippen molar-refractivity contribution in [3.8, 4) is 5.75 Å². The number of fused-ring (bicyclic) bond motifs is 1. The van der Waals surface area contributed by atoms with Crippen molar-refractivity contribution in [2.75, 3.05) is 4.90 Å². The summed E-state index contributed by atoms with van der Waals surface area (Å²) in [6.45, 7) is 2.14. The Labute approximate surface area is 112 Å². The molecular weight excluding hydrogens is 242 g/mol. The first-order chi connectivity index (χ1) is 9.08. The second-order valence-corrected chi connectivity index (χ2v) is 5.66. The van der Waals surface area contributed by atoms with Crippen molar-refractivity contribution in [2.24, 2.45) is 17.8 Å². The summed E-state index contributed by atoms with van der Waals surface area (Å²) in [5.41, 5.74) is 0.565. The molecule has 1 heterocycles. The van der Waals surface area contributed by atoms with Gasteiger partial charge in [0.05, 0.1) is 17.5 Å². The van der Waals surface area contributed by atoms with Crippen molar-refractivity contribution >= 4 is 17.5 Å². The van der Waals surface area contributed by atoms with Crippen molar-refractivity contribution in [3.05, 3.63) is 24.3 Å². The molecule has 19 heavy (non-hydrogen) atoms. The van der Waals surface area contributed by atoms with E-state index in [0.717, 1.165) is 19.3 Å². The Kier molecular flexibility index (Phi) is 2.81. The average molecular weight is 259 g/mol. The van der Waals surface area contributed by atoms with Crippen LogP contribution in [0.4, 0.5) is 5.69 Å². The fraction of sp³-hybridized carbons (Fsp3) is 0.467. The number of benzene rings is 1. The molecule has 100 valence electrons. The SMILES string of the molecule is C[C@@H]1CC[C@@H]2C(=O)N(c3ccc(O)cc3)C(=O)[C@@H]2C1. The van der Waals surface area contributed by atoms with Gasteiger partial charge in [-0.2, -0.15) is 0 Å². The molecule has 0 bridgehead atoms. The molecular formula is C15H17NO3. The molecule has 0 radical (unpaired) electrons. The lowest BCUT2D eigenvalue weighted by atomic mass is 9.76. The highest BCUT2D eigenvalue weighted by Crippen LogP contribution is 2.42. The number of phenols is 1. The number of carbonyl (C=O) groups excluding carboxylic acids is 2. The Hall–Kier alpha value is -1.84. The number of nitrogens with zero attached hydrogens (tertiary/aromatic N) is 1. The van der Waals surface area contributed by atoms with Gasteiger partial charge in [-0.25, -0.2) is 0 Å². The van der Waals surface area contributed by atoms with Crippen LogP contribution < -0.4 is 4.90 Å². The number of hydrogen-bond acceptors (Lipinski definition) is 3. The van der Waals surface area contributed by atoms with E-state index in [1.165, 1.54) is 17.0 Å². The molecule has 1 N–H and O–H groups in total. The third-order valence-electron chi connectivity index (χ3n) is 4.30. The zero-order valence-electron chi connectivity index (χ0n) is 10.9. The molecule has 1 aromatic carbocycles. The van der Waals surface area contributed by atoms with Crippen LogP contribution in [0.1, 0.15) is 26.2 Å². The van der Waals surface area contributed by atoms with Gasteiger partial charge >= 0.3 is 0 Å². The molecule has 1 aliphatic carbocycles. The van der Waals surface area contributed by atoms with Crippen LogP contribution in [0.2, 0.25) is 0 Å². The summed E-state index contributed by atoms with van der Waals surface area (Å²) < 4.78 is 0. The molecule has 2 aliphatic rings. The van der Waals surface area contributed by atoms with Gasteiger partial charge in [0.25, 0.3) is 0 Å². The molecule has 4 heteroatoms. The molecule has 3 rings (SSSR count). The maximum Gasteiger partial charge on any atom is 0.237 e. The summed E-state index contributed by atoms with van der Waals surface area (Å²) in [7, 11) is 0. The van der Waals surface area contributed by atoms with Crippen molar-refractivity contribution in [1.82, 2.24) is 0 Å². The van der Waals surface area contributed by atoms with Gasteiger partial charge in [0, 0.05) is 0 Å². The lowest BCUT2D eigenvalue weighted by Crippen LogP contribution is -2.30. The van der Waals surface area contributed by atoms with Gasteiger partial charge < -0.3 is 5.11 Å². The number of rotatable bonds is 1. The van der Waals surface area contributed by atoms with E-state index in [1.807, 2.05) is 0 Å². The highest BCUT2D eigenvalue weighted by Gasteiger charge is 2.49. The van der Waals surface area contributed by atoms with Crippen LogP contribution >= 0.6 is 0 Å². The molecule has 3 atom stereocenters. The first-order valence-corrected chi connectivity index (χ1v) is 6.75. The summed E-state index contributed by atoms with van der Waals surface area (Å²) in [4.78, 5) is 26.1. The Balaban J connectivity index is 1.93. The fourth-order valence-corrected chi connectivity index (χ4v) is 3.25. The molecule has 4 nitrogen and oxygen atoms in total. The van der Waals surface area contributed by atoms with Crippen molar-refractivity contribution < 1.29 is 14.7 Å². The molecule has 1 saturated carbocycles. The van der Waals surface area contributed by atoms with E-state index in [1.54, 1.807) is 12.1 Å². The fourth-order valence-electron chi connectivity index (χ4n) is 3.25. The number of anilines is 1. The van der Waals surface area contributed by atoms with E-state index in [-0.39, 0.29) is 29.4 Å². The number of amides is 2. The predicted molar refractivity (Wildman–Crippen MR) is 70.6 cm³/mol. The van der Waals surface area contributed by atoms with Crippen LogP contribution in [-0.4, -0.2) is 16.9 Å². The van der Waals surface area contributed by atoms with Gasteiger partial charge in [-0.15, -0.1) is 0 Å². The Bertz CT molecular complexity index is 523. The summed E-state index contributed by atoms with van der Waals surface area (Å²) in [5, 5.41) is 9.28. The van der Waals surface area contributed by atoms with Gasteiger partial charge in [0.1, 0.15) is 5.75 Å². The number of aromatic hydroxyl groups is 1. The third kappa shape index (κ3) is 1.91. The van der Waals surface area contributed by atoms with E-state index in [4.69, 9.17) is 0 Å². The normalized spacial score (nSPS) is 30.6. The quantitative estimate of drug-likeness (QED) is 0.787. The van der Waals surface area contributed by atoms with E-state index < -0.39 is 0 Å². The van der Waals surface area contributed by atoms with Gasteiger partial charge in [0.15, 0.2) is 0 Å². The Morgan fingerprint density at radius 1 is 1.05 bits per heavy atom. The monoisotopic (exact) mass is 259 g/mol. The molecule has 0 spiro atoms. The first kappa shape index (κ1) is 12.2. The molecule has 1 aliphatic heterocycles. The molecule has 1 saturated heterocycles. The summed E-state index contributed by atoms with van der Waals surface area (Å²) in [6, 6.07) is 6.23. The van der Waals surface area contributed by atoms with E-state index in [9.17, 15) is 14.7 Å².